The third kappa shape index (κ3) is 5.59. The molecular weight excluding hydrogens is 256 g/mol. The SMILES string of the molecule is O=S(=O)(CCCCNC1CC1)NC1CCSC1. The maximum absolute atomic E-state index is 11.8. The van der Waals surface area contributed by atoms with Gasteiger partial charge in [0.2, 0.25) is 10.0 Å². The lowest BCUT2D eigenvalue weighted by molar-refractivity contribution is 0.556. The zero-order valence-corrected chi connectivity index (χ0v) is 11.8. The Morgan fingerprint density at radius 3 is 2.59 bits per heavy atom. The predicted octanol–water partition coefficient (Wildman–Crippen LogP) is 0.943. The van der Waals surface area contributed by atoms with Crippen molar-refractivity contribution >= 4 is 21.8 Å². The molecule has 100 valence electrons. The van der Waals surface area contributed by atoms with Crippen molar-refractivity contribution in [3.8, 4) is 0 Å². The first-order valence-electron chi connectivity index (χ1n) is 6.47. The summed E-state index contributed by atoms with van der Waals surface area (Å²) in [4.78, 5) is 0. The summed E-state index contributed by atoms with van der Waals surface area (Å²) in [5.41, 5.74) is 0. The molecule has 17 heavy (non-hydrogen) atoms. The second-order valence-electron chi connectivity index (χ2n) is 4.93. The Hall–Kier alpha value is 0.220. The highest BCUT2D eigenvalue weighted by atomic mass is 32.2. The van der Waals surface area contributed by atoms with Gasteiger partial charge in [0.25, 0.3) is 0 Å². The molecule has 0 aromatic heterocycles. The van der Waals surface area contributed by atoms with Crippen LogP contribution < -0.4 is 10.0 Å². The van der Waals surface area contributed by atoms with Crippen molar-refractivity contribution in [3.63, 3.8) is 0 Å². The molecule has 2 aliphatic rings. The zero-order chi connectivity index (χ0) is 12.1. The van der Waals surface area contributed by atoms with Crippen molar-refractivity contribution in [2.75, 3.05) is 23.8 Å². The minimum absolute atomic E-state index is 0.176. The summed E-state index contributed by atoms with van der Waals surface area (Å²) in [5, 5.41) is 3.40. The molecule has 0 radical (unpaired) electrons. The van der Waals surface area contributed by atoms with E-state index in [9.17, 15) is 8.42 Å². The number of rotatable bonds is 8. The van der Waals surface area contributed by atoms with E-state index in [4.69, 9.17) is 0 Å². The summed E-state index contributed by atoms with van der Waals surface area (Å²) in [6.45, 7) is 0.958. The summed E-state index contributed by atoms with van der Waals surface area (Å²) in [5.74, 6) is 2.29. The van der Waals surface area contributed by atoms with Gasteiger partial charge in [0, 0.05) is 17.8 Å². The minimum Gasteiger partial charge on any atom is -0.314 e. The van der Waals surface area contributed by atoms with E-state index < -0.39 is 10.0 Å². The topological polar surface area (TPSA) is 58.2 Å². The lowest BCUT2D eigenvalue weighted by Crippen LogP contribution is -2.36. The first-order chi connectivity index (χ1) is 8.16. The van der Waals surface area contributed by atoms with E-state index in [1.165, 1.54) is 12.8 Å². The molecule has 0 aromatic rings. The van der Waals surface area contributed by atoms with Gasteiger partial charge in [-0.2, -0.15) is 11.8 Å². The standard InChI is InChI=1S/C11H22N2O2S2/c14-17(15,13-11-5-7-16-9-11)8-2-1-6-12-10-3-4-10/h10-13H,1-9H2. The van der Waals surface area contributed by atoms with E-state index in [0.717, 1.165) is 43.4 Å². The molecule has 1 saturated heterocycles. The Labute approximate surface area is 108 Å². The van der Waals surface area contributed by atoms with Crippen molar-refractivity contribution in [2.24, 2.45) is 0 Å². The first kappa shape index (κ1) is 13.6. The van der Waals surface area contributed by atoms with Crippen LogP contribution in [0.4, 0.5) is 0 Å². The summed E-state index contributed by atoms with van der Waals surface area (Å²) in [6.07, 6.45) is 5.28. The number of unbranched alkanes of at least 4 members (excludes halogenated alkanes) is 1. The van der Waals surface area contributed by atoms with Crippen LogP contribution in [0.1, 0.15) is 32.1 Å². The van der Waals surface area contributed by atoms with Gasteiger partial charge in [-0.15, -0.1) is 0 Å². The second-order valence-corrected chi connectivity index (χ2v) is 7.96. The van der Waals surface area contributed by atoms with E-state index in [-0.39, 0.29) is 11.8 Å². The normalized spacial score (nSPS) is 25.3. The fourth-order valence-electron chi connectivity index (χ4n) is 1.95. The smallest absolute Gasteiger partial charge is 0.211 e. The van der Waals surface area contributed by atoms with E-state index >= 15 is 0 Å². The van der Waals surface area contributed by atoms with E-state index in [1.54, 1.807) is 0 Å². The average molecular weight is 278 g/mol. The van der Waals surface area contributed by atoms with Crippen LogP contribution in [0, 0.1) is 0 Å². The molecular formula is C11H22N2O2S2. The van der Waals surface area contributed by atoms with Crippen LogP contribution in [0.2, 0.25) is 0 Å². The van der Waals surface area contributed by atoms with Gasteiger partial charge >= 0.3 is 0 Å². The van der Waals surface area contributed by atoms with Crippen LogP contribution in [0.5, 0.6) is 0 Å². The highest BCUT2D eigenvalue weighted by Gasteiger charge is 2.22. The molecule has 2 rings (SSSR count). The Morgan fingerprint density at radius 1 is 1.12 bits per heavy atom. The molecule has 1 atom stereocenters. The first-order valence-corrected chi connectivity index (χ1v) is 9.27. The van der Waals surface area contributed by atoms with Crippen LogP contribution in [-0.4, -0.2) is 44.3 Å². The van der Waals surface area contributed by atoms with Gasteiger partial charge in [-0.3, -0.25) is 0 Å². The van der Waals surface area contributed by atoms with Gasteiger partial charge in [0.15, 0.2) is 0 Å². The molecule has 0 amide bonds. The number of thioether (sulfide) groups is 1. The van der Waals surface area contributed by atoms with Gasteiger partial charge in [-0.25, -0.2) is 13.1 Å². The molecule has 0 bridgehead atoms. The number of sulfonamides is 1. The van der Waals surface area contributed by atoms with Crippen molar-refractivity contribution in [3.05, 3.63) is 0 Å². The van der Waals surface area contributed by atoms with E-state index in [2.05, 4.69) is 10.0 Å². The van der Waals surface area contributed by atoms with Crippen molar-refractivity contribution < 1.29 is 8.42 Å². The Balaban J connectivity index is 1.55. The number of hydrogen-bond acceptors (Lipinski definition) is 4. The molecule has 1 saturated carbocycles. The predicted molar refractivity (Wildman–Crippen MR) is 72.9 cm³/mol. The maximum atomic E-state index is 11.8. The lowest BCUT2D eigenvalue weighted by atomic mass is 10.3. The third-order valence-electron chi connectivity index (χ3n) is 3.13. The summed E-state index contributed by atoms with van der Waals surface area (Å²) in [6, 6.07) is 0.898. The third-order valence-corrected chi connectivity index (χ3v) is 5.81. The summed E-state index contributed by atoms with van der Waals surface area (Å²) < 4.78 is 26.3. The number of nitrogens with one attached hydrogen (secondary N) is 2. The van der Waals surface area contributed by atoms with Gasteiger partial charge in [0.05, 0.1) is 5.75 Å². The lowest BCUT2D eigenvalue weighted by Gasteiger charge is -2.11. The fraction of sp³-hybridized carbons (Fsp3) is 1.00. The van der Waals surface area contributed by atoms with Gasteiger partial charge in [0.1, 0.15) is 0 Å². The summed E-state index contributed by atoms with van der Waals surface area (Å²) >= 11 is 1.83. The Bertz CT molecular complexity index is 322. The second kappa shape index (κ2) is 6.41. The Kier molecular flexibility index (Phi) is 5.14. The molecule has 0 aromatic carbocycles. The van der Waals surface area contributed by atoms with Gasteiger partial charge in [-0.05, 0) is 44.4 Å². The van der Waals surface area contributed by atoms with Gasteiger partial charge in [-0.1, -0.05) is 0 Å². The molecule has 2 N–H and O–H groups in total. The maximum Gasteiger partial charge on any atom is 0.211 e. The molecule has 1 aliphatic carbocycles. The van der Waals surface area contributed by atoms with Crippen LogP contribution in [-0.2, 0) is 10.0 Å². The van der Waals surface area contributed by atoms with Crippen LogP contribution in [0.15, 0.2) is 0 Å². The van der Waals surface area contributed by atoms with E-state index in [1.807, 2.05) is 11.8 Å². The fourth-order valence-corrected chi connectivity index (χ4v) is 4.62. The molecule has 1 heterocycles. The molecule has 2 fully saturated rings. The van der Waals surface area contributed by atoms with Crippen molar-refractivity contribution in [1.82, 2.24) is 10.0 Å². The largest absolute Gasteiger partial charge is 0.314 e. The van der Waals surface area contributed by atoms with Crippen molar-refractivity contribution in [2.45, 2.75) is 44.2 Å². The summed E-state index contributed by atoms with van der Waals surface area (Å²) in [7, 11) is -3.04. The van der Waals surface area contributed by atoms with Crippen LogP contribution in [0.3, 0.4) is 0 Å². The average Bonchev–Trinajstić information content (AvgIpc) is 2.95. The van der Waals surface area contributed by atoms with Crippen LogP contribution in [0.25, 0.3) is 0 Å². The van der Waals surface area contributed by atoms with Gasteiger partial charge < -0.3 is 5.32 Å². The molecule has 6 heteroatoms. The van der Waals surface area contributed by atoms with Crippen molar-refractivity contribution in [1.29, 1.82) is 0 Å². The molecule has 1 aliphatic heterocycles. The molecule has 1 unspecified atom stereocenters. The zero-order valence-electron chi connectivity index (χ0n) is 10.2. The Morgan fingerprint density at radius 2 is 1.94 bits per heavy atom. The number of hydrogen-bond donors (Lipinski definition) is 2. The van der Waals surface area contributed by atoms with Crippen LogP contribution >= 0.6 is 11.8 Å². The molecule has 0 spiro atoms. The monoisotopic (exact) mass is 278 g/mol. The highest BCUT2D eigenvalue weighted by molar-refractivity contribution is 7.99. The molecule has 4 nitrogen and oxygen atoms in total. The van der Waals surface area contributed by atoms with E-state index in [0.29, 0.717) is 0 Å². The minimum atomic E-state index is -3.04. The highest BCUT2D eigenvalue weighted by Crippen LogP contribution is 2.19. The quantitative estimate of drug-likeness (QED) is 0.649.